The zero-order valence-electron chi connectivity index (χ0n) is 16.8. The summed E-state index contributed by atoms with van der Waals surface area (Å²) >= 11 is 6.14. The summed E-state index contributed by atoms with van der Waals surface area (Å²) in [6, 6.07) is 13.6. The van der Waals surface area contributed by atoms with Crippen LogP contribution in [0.2, 0.25) is 5.02 Å². The van der Waals surface area contributed by atoms with Gasteiger partial charge in [-0.15, -0.1) is 0 Å². The van der Waals surface area contributed by atoms with Crippen molar-refractivity contribution in [2.75, 3.05) is 11.9 Å². The molecule has 4 rings (SSSR count). The molecule has 2 aromatic carbocycles. The molecule has 1 aromatic heterocycles. The van der Waals surface area contributed by atoms with E-state index in [1.165, 1.54) is 12.1 Å². The van der Waals surface area contributed by atoms with Crippen molar-refractivity contribution >= 4 is 29.0 Å². The van der Waals surface area contributed by atoms with Gasteiger partial charge in [-0.05, 0) is 56.3 Å². The zero-order valence-corrected chi connectivity index (χ0v) is 17.6. The predicted molar refractivity (Wildman–Crippen MR) is 116 cm³/mol. The smallest absolute Gasteiger partial charge is 0.242 e. The lowest BCUT2D eigenvalue weighted by Crippen LogP contribution is -2.52. The summed E-state index contributed by atoms with van der Waals surface area (Å²) in [6.45, 7) is 4.84. The van der Waals surface area contributed by atoms with E-state index in [1.807, 2.05) is 22.8 Å². The van der Waals surface area contributed by atoms with Crippen LogP contribution in [0.25, 0.3) is 11.3 Å². The zero-order chi connectivity index (χ0) is 21.5. The van der Waals surface area contributed by atoms with Crippen molar-refractivity contribution in [1.82, 2.24) is 14.5 Å². The van der Waals surface area contributed by atoms with Crippen molar-refractivity contribution < 1.29 is 9.18 Å². The summed E-state index contributed by atoms with van der Waals surface area (Å²) in [7, 11) is 0. The number of carbonyl (C=O) groups is 1. The van der Waals surface area contributed by atoms with E-state index in [1.54, 1.807) is 36.9 Å². The van der Waals surface area contributed by atoms with E-state index in [9.17, 15) is 9.18 Å². The van der Waals surface area contributed by atoms with Crippen LogP contribution in [0, 0.1) is 5.82 Å². The fraction of sp³-hybridized carbons (Fsp3) is 0.273. The largest absolute Gasteiger partial charge is 0.340 e. The number of hydrogen-bond acceptors (Lipinski definition) is 4. The molecule has 0 unspecified atom stereocenters. The molecule has 0 fully saturated rings. The van der Waals surface area contributed by atoms with Gasteiger partial charge in [-0.1, -0.05) is 17.7 Å². The van der Waals surface area contributed by atoms with Gasteiger partial charge in [-0.2, -0.15) is 0 Å². The van der Waals surface area contributed by atoms with Gasteiger partial charge in [0.25, 0.3) is 0 Å². The number of amides is 1. The lowest BCUT2D eigenvalue weighted by Gasteiger charge is -2.33. The average Bonchev–Trinajstić information content (AvgIpc) is 3.05. The van der Waals surface area contributed by atoms with E-state index in [0.717, 1.165) is 22.9 Å². The van der Waals surface area contributed by atoms with E-state index in [4.69, 9.17) is 22.3 Å². The SMILES string of the molecule is CC(C)(N)C(=O)N1CCn2c(nc(-c3ccc(F)cc3)c2Nc2cccc(Cl)c2)C1. The monoisotopic (exact) mass is 427 g/mol. The summed E-state index contributed by atoms with van der Waals surface area (Å²) in [4.78, 5) is 19.2. The number of imidazole rings is 1. The van der Waals surface area contributed by atoms with E-state index in [-0.39, 0.29) is 11.7 Å². The molecule has 0 radical (unpaired) electrons. The number of aromatic nitrogens is 2. The van der Waals surface area contributed by atoms with Crippen LogP contribution in [0.1, 0.15) is 19.7 Å². The molecule has 1 aliphatic rings. The molecular formula is C22H23ClFN5O. The fourth-order valence-electron chi connectivity index (χ4n) is 3.55. The van der Waals surface area contributed by atoms with Gasteiger partial charge < -0.3 is 20.5 Å². The van der Waals surface area contributed by atoms with Crippen molar-refractivity contribution in [1.29, 1.82) is 0 Å². The normalized spacial score (nSPS) is 13.8. The molecule has 1 amide bonds. The lowest BCUT2D eigenvalue weighted by molar-refractivity contribution is -0.137. The molecule has 3 aromatic rings. The highest BCUT2D eigenvalue weighted by Crippen LogP contribution is 2.34. The molecule has 8 heteroatoms. The van der Waals surface area contributed by atoms with E-state index in [0.29, 0.717) is 30.4 Å². The number of halogens is 2. The van der Waals surface area contributed by atoms with Gasteiger partial charge in [0.1, 0.15) is 23.2 Å². The second kappa shape index (κ2) is 7.74. The molecule has 6 nitrogen and oxygen atoms in total. The number of hydrogen-bond donors (Lipinski definition) is 2. The average molecular weight is 428 g/mol. The van der Waals surface area contributed by atoms with E-state index < -0.39 is 5.54 Å². The van der Waals surface area contributed by atoms with Crippen LogP contribution in [-0.4, -0.2) is 32.4 Å². The Morgan fingerprint density at radius 2 is 1.93 bits per heavy atom. The third-order valence-electron chi connectivity index (χ3n) is 5.02. The molecule has 0 saturated carbocycles. The summed E-state index contributed by atoms with van der Waals surface area (Å²) in [5.41, 5.74) is 7.34. The van der Waals surface area contributed by atoms with Crippen LogP contribution in [0.3, 0.4) is 0 Å². The van der Waals surface area contributed by atoms with Gasteiger partial charge in [0, 0.05) is 29.4 Å². The van der Waals surface area contributed by atoms with Crippen molar-refractivity contribution in [2.45, 2.75) is 32.5 Å². The molecule has 0 aliphatic carbocycles. The van der Waals surface area contributed by atoms with Gasteiger partial charge >= 0.3 is 0 Å². The Balaban J connectivity index is 1.75. The maximum absolute atomic E-state index is 13.5. The first-order valence-electron chi connectivity index (χ1n) is 9.68. The minimum absolute atomic E-state index is 0.121. The Kier molecular flexibility index (Phi) is 5.26. The van der Waals surface area contributed by atoms with Crippen LogP contribution < -0.4 is 11.1 Å². The molecule has 0 spiro atoms. The van der Waals surface area contributed by atoms with Crippen LogP contribution in [0.4, 0.5) is 15.9 Å². The van der Waals surface area contributed by atoms with Gasteiger partial charge in [0.15, 0.2) is 0 Å². The Morgan fingerprint density at radius 3 is 2.60 bits per heavy atom. The first-order chi connectivity index (χ1) is 14.2. The molecule has 1 aliphatic heterocycles. The van der Waals surface area contributed by atoms with Crippen molar-refractivity contribution in [3.05, 3.63) is 65.2 Å². The molecule has 0 atom stereocenters. The maximum Gasteiger partial charge on any atom is 0.242 e. The Bertz CT molecular complexity index is 1090. The second-order valence-corrected chi connectivity index (χ2v) is 8.40. The molecule has 3 N–H and O–H groups in total. The third kappa shape index (κ3) is 4.04. The topological polar surface area (TPSA) is 76.2 Å². The van der Waals surface area contributed by atoms with Crippen LogP contribution >= 0.6 is 11.6 Å². The number of nitrogens with zero attached hydrogens (tertiary/aromatic N) is 3. The van der Waals surface area contributed by atoms with Crippen LogP contribution in [0.5, 0.6) is 0 Å². The van der Waals surface area contributed by atoms with Gasteiger partial charge in [0.2, 0.25) is 5.91 Å². The number of rotatable bonds is 4. The van der Waals surface area contributed by atoms with E-state index in [2.05, 4.69) is 5.32 Å². The highest BCUT2D eigenvalue weighted by atomic mass is 35.5. The molecule has 2 heterocycles. The van der Waals surface area contributed by atoms with Gasteiger partial charge in [-0.25, -0.2) is 9.37 Å². The van der Waals surface area contributed by atoms with Crippen LogP contribution in [-0.2, 0) is 17.9 Å². The Hall–Kier alpha value is -2.90. The maximum atomic E-state index is 13.5. The first-order valence-corrected chi connectivity index (χ1v) is 10.1. The standard InChI is InChI=1S/C22H23ClFN5O/c1-22(2,25)21(30)28-10-11-29-18(13-28)27-19(14-6-8-16(24)9-7-14)20(29)26-17-5-3-4-15(23)12-17/h3-9,12,26H,10-11,13,25H2,1-2H3. The second-order valence-electron chi connectivity index (χ2n) is 7.97. The molecule has 156 valence electrons. The van der Waals surface area contributed by atoms with Gasteiger partial charge in [-0.3, -0.25) is 4.79 Å². The highest BCUT2D eigenvalue weighted by Gasteiger charge is 2.32. The minimum atomic E-state index is -0.948. The first kappa shape index (κ1) is 20.4. The number of nitrogens with two attached hydrogens (primary N) is 1. The summed E-state index contributed by atoms with van der Waals surface area (Å²) in [5, 5.41) is 4.02. The Morgan fingerprint density at radius 1 is 1.20 bits per heavy atom. The number of nitrogens with one attached hydrogen (secondary N) is 1. The fourth-order valence-corrected chi connectivity index (χ4v) is 3.74. The van der Waals surface area contributed by atoms with Crippen molar-refractivity contribution in [2.24, 2.45) is 5.73 Å². The Labute approximate surface area is 179 Å². The third-order valence-corrected chi connectivity index (χ3v) is 5.25. The van der Waals surface area contributed by atoms with Crippen molar-refractivity contribution in [3.8, 4) is 11.3 Å². The number of anilines is 2. The molecule has 0 bridgehead atoms. The quantitative estimate of drug-likeness (QED) is 0.655. The summed E-state index contributed by atoms with van der Waals surface area (Å²) < 4.78 is 15.5. The number of carbonyl (C=O) groups excluding carboxylic acids is 1. The van der Waals surface area contributed by atoms with Crippen LogP contribution in [0.15, 0.2) is 48.5 Å². The number of fused-ring (bicyclic) bond motifs is 1. The summed E-state index contributed by atoms with van der Waals surface area (Å²) in [5.74, 6) is 1.08. The van der Waals surface area contributed by atoms with Crippen molar-refractivity contribution in [3.63, 3.8) is 0 Å². The molecule has 0 saturated heterocycles. The molecular weight excluding hydrogens is 405 g/mol. The van der Waals surface area contributed by atoms with E-state index >= 15 is 0 Å². The number of benzene rings is 2. The lowest BCUT2D eigenvalue weighted by atomic mass is 10.1. The van der Waals surface area contributed by atoms with Gasteiger partial charge in [0.05, 0.1) is 12.1 Å². The predicted octanol–water partition coefficient (Wildman–Crippen LogP) is 4.17. The summed E-state index contributed by atoms with van der Waals surface area (Å²) in [6.07, 6.45) is 0. The minimum Gasteiger partial charge on any atom is -0.340 e. The molecule has 30 heavy (non-hydrogen) atoms. The highest BCUT2D eigenvalue weighted by molar-refractivity contribution is 6.30.